The van der Waals surface area contributed by atoms with Gasteiger partial charge in [0.05, 0.1) is 25.0 Å². The number of amides is 1. The van der Waals surface area contributed by atoms with Gasteiger partial charge in [0.1, 0.15) is 11.8 Å². The van der Waals surface area contributed by atoms with Crippen LogP contribution in [-0.4, -0.2) is 19.6 Å². The van der Waals surface area contributed by atoms with E-state index in [-0.39, 0.29) is 11.9 Å². The van der Waals surface area contributed by atoms with Crippen LogP contribution in [0.2, 0.25) is 5.02 Å². The Morgan fingerprint density at radius 2 is 2.00 bits per heavy atom. The van der Waals surface area contributed by atoms with E-state index in [4.69, 9.17) is 25.5 Å². The summed E-state index contributed by atoms with van der Waals surface area (Å²) in [6, 6.07) is 16.4. The van der Waals surface area contributed by atoms with Crippen LogP contribution in [0.4, 0.5) is 0 Å². The molecule has 6 heteroatoms. The molecule has 150 valence electrons. The second kappa shape index (κ2) is 9.85. The van der Waals surface area contributed by atoms with Crippen LogP contribution in [-0.2, 0) is 4.79 Å². The van der Waals surface area contributed by atoms with Gasteiger partial charge in [-0.05, 0) is 48.4 Å². The average molecular weight is 412 g/mol. The normalized spacial score (nSPS) is 12.0. The number of methoxy groups -OCH3 is 1. The highest BCUT2D eigenvalue weighted by Crippen LogP contribution is 2.36. The lowest BCUT2D eigenvalue weighted by atomic mass is 10.0. The fourth-order valence-corrected chi connectivity index (χ4v) is 3.22. The summed E-state index contributed by atoms with van der Waals surface area (Å²) in [5.41, 5.74) is 1.65. The third-order valence-corrected chi connectivity index (χ3v) is 4.49. The summed E-state index contributed by atoms with van der Waals surface area (Å²) >= 11 is 6.27. The van der Waals surface area contributed by atoms with Crippen molar-refractivity contribution in [1.82, 2.24) is 5.32 Å². The highest BCUT2D eigenvalue weighted by molar-refractivity contribution is 6.32. The Labute approximate surface area is 174 Å². The van der Waals surface area contributed by atoms with Gasteiger partial charge in [-0.25, -0.2) is 0 Å². The highest BCUT2D eigenvalue weighted by Gasteiger charge is 2.18. The summed E-state index contributed by atoms with van der Waals surface area (Å²) in [6.07, 6.45) is 4.71. The van der Waals surface area contributed by atoms with Gasteiger partial charge in [-0.2, -0.15) is 0 Å². The first kappa shape index (κ1) is 20.6. The molecule has 0 fully saturated rings. The molecule has 2 aromatic carbocycles. The Morgan fingerprint density at radius 1 is 1.21 bits per heavy atom. The molecule has 3 aromatic rings. The van der Waals surface area contributed by atoms with Crippen molar-refractivity contribution < 1.29 is 18.7 Å². The van der Waals surface area contributed by atoms with Crippen LogP contribution >= 0.6 is 11.6 Å². The molecule has 1 aromatic heterocycles. The Morgan fingerprint density at radius 3 is 2.66 bits per heavy atom. The van der Waals surface area contributed by atoms with Crippen molar-refractivity contribution in [3.8, 4) is 11.5 Å². The second-order valence-electron chi connectivity index (χ2n) is 6.17. The largest absolute Gasteiger partial charge is 0.491 e. The van der Waals surface area contributed by atoms with Gasteiger partial charge in [0, 0.05) is 6.08 Å². The SMILES string of the molecule is CCOc1cc(/C=C/C(=O)NC(c2ccccc2)c2ccco2)cc(Cl)c1OC. The fourth-order valence-electron chi connectivity index (χ4n) is 2.93. The molecule has 0 aliphatic heterocycles. The van der Waals surface area contributed by atoms with Crippen molar-refractivity contribution in [2.45, 2.75) is 13.0 Å². The number of ether oxygens (including phenoxy) is 2. The number of rotatable bonds is 8. The monoisotopic (exact) mass is 411 g/mol. The van der Waals surface area contributed by atoms with Crippen LogP contribution in [0.1, 0.15) is 29.9 Å². The minimum Gasteiger partial charge on any atom is -0.491 e. The maximum absolute atomic E-state index is 12.6. The maximum atomic E-state index is 12.6. The van der Waals surface area contributed by atoms with Gasteiger partial charge in [-0.3, -0.25) is 4.79 Å². The average Bonchev–Trinajstić information content (AvgIpc) is 3.26. The summed E-state index contributed by atoms with van der Waals surface area (Å²) in [6.45, 7) is 2.35. The predicted molar refractivity (Wildman–Crippen MR) is 113 cm³/mol. The van der Waals surface area contributed by atoms with Crippen molar-refractivity contribution in [2.24, 2.45) is 0 Å². The van der Waals surface area contributed by atoms with E-state index in [0.29, 0.717) is 28.9 Å². The third kappa shape index (κ3) is 5.21. The first-order chi connectivity index (χ1) is 14.1. The van der Waals surface area contributed by atoms with Gasteiger partial charge in [0.15, 0.2) is 11.5 Å². The lowest BCUT2D eigenvalue weighted by Crippen LogP contribution is -2.27. The fraction of sp³-hybridized carbons (Fsp3) is 0.174. The Balaban J connectivity index is 1.79. The van der Waals surface area contributed by atoms with E-state index in [1.807, 2.05) is 43.3 Å². The van der Waals surface area contributed by atoms with Crippen LogP contribution in [0, 0.1) is 0 Å². The summed E-state index contributed by atoms with van der Waals surface area (Å²) in [5.74, 6) is 1.39. The molecule has 0 saturated heterocycles. The molecule has 3 rings (SSSR count). The van der Waals surface area contributed by atoms with E-state index in [1.54, 1.807) is 30.5 Å². The minimum atomic E-state index is -0.387. The molecular formula is C23H22ClNO4. The highest BCUT2D eigenvalue weighted by atomic mass is 35.5. The van der Waals surface area contributed by atoms with E-state index in [0.717, 1.165) is 11.1 Å². The topological polar surface area (TPSA) is 60.7 Å². The first-order valence-corrected chi connectivity index (χ1v) is 9.57. The van der Waals surface area contributed by atoms with Crippen molar-refractivity contribution >= 4 is 23.6 Å². The number of benzene rings is 2. The molecule has 1 N–H and O–H groups in total. The summed E-state index contributed by atoms with van der Waals surface area (Å²) in [7, 11) is 1.53. The zero-order valence-electron chi connectivity index (χ0n) is 16.2. The lowest BCUT2D eigenvalue weighted by molar-refractivity contribution is -0.117. The number of furan rings is 1. The smallest absolute Gasteiger partial charge is 0.244 e. The molecule has 0 saturated carbocycles. The lowest BCUT2D eigenvalue weighted by Gasteiger charge is -2.16. The number of hydrogen-bond donors (Lipinski definition) is 1. The van der Waals surface area contributed by atoms with E-state index in [2.05, 4.69) is 5.32 Å². The molecule has 0 spiro atoms. The van der Waals surface area contributed by atoms with Crippen LogP contribution in [0.25, 0.3) is 6.08 Å². The Hall–Kier alpha value is -3.18. The molecule has 1 atom stereocenters. The number of hydrogen-bond acceptors (Lipinski definition) is 4. The van der Waals surface area contributed by atoms with E-state index >= 15 is 0 Å². The molecular weight excluding hydrogens is 390 g/mol. The number of carbonyl (C=O) groups is 1. The first-order valence-electron chi connectivity index (χ1n) is 9.19. The van der Waals surface area contributed by atoms with Gasteiger partial charge < -0.3 is 19.2 Å². The second-order valence-corrected chi connectivity index (χ2v) is 6.58. The molecule has 0 radical (unpaired) electrons. The number of halogens is 1. The van der Waals surface area contributed by atoms with E-state index < -0.39 is 0 Å². The molecule has 0 aliphatic carbocycles. The predicted octanol–water partition coefficient (Wildman–Crippen LogP) is 5.26. The van der Waals surface area contributed by atoms with E-state index in [1.165, 1.54) is 13.2 Å². The Kier molecular flexibility index (Phi) is 6.98. The van der Waals surface area contributed by atoms with Crippen LogP contribution < -0.4 is 14.8 Å². The molecule has 1 unspecified atom stereocenters. The standard InChI is InChI=1S/C23H22ClNO4/c1-3-28-20-15-16(14-18(24)23(20)27-2)11-12-21(26)25-22(19-10-7-13-29-19)17-8-5-4-6-9-17/h4-15,22H,3H2,1-2H3,(H,25,26)/b12-11+. The van der Waals surface area contributed by atoms with E-state index in [9.17, 15) is 4.79 Å². The quantitative estimate of drug-likeness (QED) is 0.513. The number of carbonyl (C=O) groups excluding carboxylic acids is 1. The molecule has 29 heavy (non-hydrogen) atoms. The molecule has 1 amide bonds. The minimum absolute atomic E-state index is 0.264. The van der Waals surface area contributed by atoms with Gasteiger partial charge in [-0.1, -0.05) is 41.9 Å². The molecule has 0 bridgehead atoms. The summed E-state index contributed by atoms with van der Waals surface area (Å²) in [5, 5.41) is 3.39. The van der Waals surface area contributed by atoms with Crippen molar-refractivity contribution in [3.63, 3.8) is 0 Å². The molecule has 0 aliphatic rings. The number of nitrogens with one attached hydrogen (secondary N) is 1. The van der Waals surface area contributed by atoms with Gasteiger partial charge in [-0.15, -0.1) is 0 Å². The third-order valence-electron chi connectivity index (χ3n) is 4.21. The molecule has 5 nitrogen and oxygen atoms in total. The van der Waals surface area contributed by atoms with Crippen LogP contribution in [0.3, 0.4) is 0 Å². The Bertz CT molecular complexity index is 968. The zero-order valence-corrected chi connectivity index (χ0v) is 17.0. The van der Waals surface area contributed by atoms with Crippen LogP contribution in [0.5, 0.6) is 11.5 Å². The summed E-state index contributed by atoms with van der Waals surface area (Å²) in [4.78, 5) is 12.6. The maximum Gasteiger partial charge on any atom is 0.244 e. The van der Waals surface area contributed by atoms with Crippen molar-refractivity contribution in [1.29, 1.82) is 0 Å². The van der Waals surface area contributed by atoms with Gasteiger partial charge in [0.25, 0.3) is 0 Å². The van der Waals surface area contributed by atoms with Crippen LogP contribution in [0.15, 0.2) is 71.4 Å². The molecule has 1 heterocycles. The van der Waals surface area contributed by atoms with Gasteiger partial charge in [0.2, 0.25) is 5.91 Å². The van der Waals surface area contributed by atoms with Gasteiger partial charge >= 0.3 is 0 Å². The zero-order chi connectivity index (χ0) is 20.6. The van der Waals surface area contributed by atoms with Crippen molar-refractivity contribution in [3.05, 3.63) is 88.8 Å². The van der Waals surface area contributed by atoms with Crippen molar-refractivity contribution in [2.75, 3.05) is 13.7 Å². The summed E-state index contributed by atoms with van der Waals surface area (Å²) < 4.78 is 16.4.